The molecule has 1 aromatic heterocycles. The second-order valence-corrected chi connectivity index (χ2v) is 6.89. The molecule has 1 heterocycles. The topological polar surface area (TPSA) is 72.0 Å². The zero-order valence-electron chi connectivity index (χ0n) is 14.4. The first-order valence-corrected chi connectivity index (χ1v) is 8.99. The maximum Gasteiger partial charge on any atom is 0.258 e. The van der Waals surface area contributed by atoms with Gasteiger partial charge in [-0.15, -0.1) is 0 Å². The molecular weight excluding hydrogens is 362 g/mol. The number of rotatable bonds is 3. The summed E-state index contributed by atoms with van der Waals surface area (Å²) in [5, 5.41) is 3.24. The molecule has 5 nitrogen and oxygen atoms in total. The maximum absolute atomic E-state index is 12.5. The molecule has 2 aromatic carbocycles. The summed E-state index contributed by atoms with van der Waals surface area (Å²) >= 11 is 5.85. The van der Waals surface area contributed by atoms with Crippen molar-refractivity contribution < 1.29 is 9.59 Å². The summed E-state index contributed by atoms with van der Waals surface area (Å²) in [5.74, 6) is -0.0230. The lowest BCUT2D eigenvalue weighted by atomic mass is 9.82. The van der Waals surface area contributed by atoms with Gasteiger partial charge in [0, 0.05) is 23.2 Å². The van der Waals surface area contributed by atoms with E-state index in [0.717, 1.165) is 5.56 Å². The highest BCUT2D eigenvalue weighted by molar-refractivity contribution is 6.30. The molecule has 6 heteroatoms. The number of carbonyl (C=O) groups excluding carboxylic acids is 2. The maximum atomic E-state index is 12.5. The number of aromatic nitrogens is 2. The van der Waals surface area contributed by atoms with E-state index in [1.165, 1.54) is 6.20 Å². The lowest BCUT2D eigenvalue weighted by molar-refractivity contribution is 0.0962. The predicted octanol–water partition coefficient (Wildman–Crippen LogP) is 4.30. The Kier molecular flexibility index (Phi) is 4.69. The van der Waals surface area contributed by atoms with Gasteiger partial charge in [-0.3, -0.25) is 14.9 Å². The van der Waals surface area contributed by atoms with Crippen LogP contribution in [0.1, 0.15) is 44.3 Å². The zero-order chi connectivity index (χ0) is 18.8. The average Bonchev–Trinajstić information content (AvgIpc) is 2.69. The van der Waals surface area contributed by atoms with E-state index in [0.29, 0.717) is 34.7 Å². The minimum Gasteiger partial charge on any atom is -0.294 e. The van der Waals surface area contributed by atoms with Crippen molar-refractivity contribution >= 4 is 29.2 Å². The lowest BCUT2D eigenvalue weighted by Crippen LogP contribution is -2.22. The fourth-order valence-electron chi connectivity index (χ4n) is 3.24. The van der Waals surface area contributed by atoms with Crippen LogP contribution in [0.25, 0.3) is 0 Å². The Morgan fingerprint density at radius 3 is 2.52 bits per heavy atom. The molecule has 0 saturated carbocycles. The van der Waals surface area contributed by atoms with E-state index >= 15 is 0 Å². The monoisotopic (exact) mass is 377 g/mol. The van der Waals surface area contributed by atoms with Crippen LogP contribution in [-0.2, 0) is 6.42 Å². The first kappa shape index (κ1) is 17.4. The van der Waals surface area contributed by atoms with E-state index in [-0.39, 0.29) is 23.6 Å². The second-order valence-electron chi connectivity index (χ2n) is 6.45. The molecule has 0 fully saturated rings. The molecule has 0 aliphatic heterocycles. The summed E-state index contributed by atoms with van der Waals surface area (Å²) in [6, 6.07) is 16.5. The van der Waals surface area contributed by atoms with Crippen molar-refractivity contribution in [1.82, 2.24) is 9.97 Å². The summed E-state index contributed by atoms with van der Waals surface area (Å²) in [4.78, 5) is 33.4. The number of benzene rings is 2. The highest BCUT2D eigenvalue weighted by Gasteiger charge is 2.28. The van der Waals surface area contributed by atoms with Crippen molar-refractivity contribution in [3.8, 4) is 0 Å². The molecule has 1 N–H and O–H groups in total. The average molecular weight is 378 g/mol. The van der Waals surface area contributed by atoms with E-state index in [1.54, 1.807) is 24.3 Å². The number of hydrogen-bond donors (Lipinski definition) is 1. The minimum absolute atomic E-state index is 0.0284. The quantitative estimate of drug-likeness (QED) is 0.738. The van der Waals surface area contributed by atoms with Gasteiger partial charge in [0.1, 0.15) is 0 Å². The standard InChI is InChI=1S/C21H16ClN3O2/c22-16-8-6-14(7-9-16)20(27)25-21-23-12-17-18(24-21)10-15(11-19(17)26)13-4-2-1-3-5-13/h1-9,12,15H,10-11H2,(H,23,24,25,27). The summed E-state index contributed by atoms with van der Waals surface area (Å²) in [5.41, 5.74) is 2.77. The van der Waals surface area contributed by atoms with Crippen LogP contribution in [0.3, 0.4) is 0 Å². The van der Waals surface area contributed by atoms with E-state index in [4.69, 9.17) is 11.6 Å². The van der Waals surface area contributed by atoms with Gasteiger partial charge in [0.25, 0.3) is 5.91 Å². The number of amides is 1. The zero-order valence-corrected chi connectivity index (χ0v) is 15.1. The molecule has 0 bridgehead atoms. The lowest BCUT2D eigenvalue weighted by Gasteiger charge is -2.23. The molecule has 4 rings (SSSR count). The van der Waals surface area contributed by atoms with Crippen molar-refractivity contribution in [2.45, 2.75) is 18.8 Å². The summed E-state index contributed by atoms with van der Waals surface area (Å²) < 4.78 is 0. The van der Waals surface area contributed by atoms with Gasteiger partial charge in [-0.2, -0.15) is 0 Å². The Hall–Kier alpha value is -3.05. The first-order chi connectivity index (χ1) is 13.1. The van der Waals surface area contributed by atoms with Crippen LogP contribution < -0.4 is 5.32 Å². The van der Waals surface area contributed by atoms with Gasteiger partial charge in [0.15, 0.2) is 5.78 Å². The smallest absolute Gasteiger partial charge is 0.258 e. The van der Waals surface area contributed by atoms with Gasteiger partial charge in [0.2, 0.25) is 5.95 Å². The number of anilines is 1. The van der Waals surface area contributed by atoms with Gasteiger partial charge in [-0.1, -0.05) is 41.9 Å². The number of fused-ring (bicyclic) bond motifs is 1. The van der Waals surface area contributed by atoms with Crippen LogP contribution in [0.2, 0.25) is 5.02 Å². The molecule has 1 aliphatic rings. The highest BCUT2D eigenvalue weighted by Crippen LogP contribution is 2.31. The number of halogens is 1. The van der Waals surface area contributed by atoms with Gasteiger partial charge < -0.3 is 0 Å². The number of carbonyl (C=O) groups is 2. The van der Waals surface area contributed by atoms with Crippen LogP contribution in [-0.4, -0.2) is 21.7 Å². The van der Waals surface area contributed by atoms with Gasteiger partial charge in [0.05, 0.1) is 11.3 Å². The largest absolute Gasteiger partial charge is 0.294 e. The third kappa shape index (κ3) is 3.73. The van der Waals surface area contributed by atoms with Crippen molar-refractivity contribution in [2.24, 2.45) is 0 Å². The molecule has 27 heavy (non-hydrogen) atoms. The van der Waals surface area contributed by atoms with E-state index in [2.05, 4.69) is 15.3 Å². The molecular formula is C21H16ClN3O2. The number of ketones is 1. The Morgan fingerprint density at radius 1 is 1.04 bits per heavy atom. The molecule has 1 amide bonds. The Balaban J connectivity index is 1.57. The number of nitrogens with one attached hydrogen (secondary N) is 1. The molecule has 0 radical (unpaired) electrons. The third-order valence-corrected chi connectivity index (χ3v) is 4.89. The van der Waals surface area contributed by atoms with Crippen LogP contribution >= 0.6 is 11.6 Å². The minimum atomic E-state index is -0.326. The fourth-order valence-corrected chi connectivity index (χ4v) is 3.37. The van der Waals surface area contributed by atoms with Crippen molar-refractivity contribution in [3.05, 3.63) is 88.2 Å². The Morgan fingerprint density at radius 2 is 1.78 bits per heavy atom. The van der Waals surface area contributed by atoms with Crippen molar-refractivity contribution in [3.63, 3.8) is 0 Å². The normalized spacial score (nSPS) is 15.9. The summed E-state index contributed by atoms with van der Waals surface area (Å²) in [6.45, 7) is 0. The van der Waals surface area contributed by atoms with E-state index < -0.39 is 0 Å². The molecule has 1 unspecified atom stereocenters. The number of hydrogen-bond acceptors (Lipinski definition) is 4. The molecule has 1 aliphatic carbocycles. The number of Topliss-reactive ketones (excluding diaryl/α,β-unsaturated/α-hetero) is 1. The molecule has 0 spiro atoms. The molecule has 0 saturated heterocycles. The van der Waals surface area contributed by atoms with Crippen LogP contribution in [0, 0.1) is 0 Å². The molecule has 3 aromatic rings. The highest BCUT2D eigenvalue weighted by atomic mass is 35.5. The fraction of sp³-hybridized carbons (Fsp3) is 0.143. The Labute approximate surface area is 161 Å². The molecule has 134 valence electrons. The van der Waals surface area contributed by atoms with Crippen molar-refractivity contribution in [2.75, 3.05) is 5.32 Å². The van der Waals surface area contributed by atoms with Crippen molar-refractivity contribution in [1.29, 1.82) is 0 Å². The number of nitrogens with zero attached hydrogens (tertiary/aromatic N) is 2. The third-order valence-electron chi connectivity index (χ3n) is 4.64. The van der Waals surface area contributed by atoms with Crippen LogP contribution in [0.15, 0.2) is 60.8 Å². The Bertz CT molecular complexity index is 1000. The van der Waals surface area contributed by atoms with Gasteiger partial charge in [-0.05, 0) is 42.2 Å². The SMILES string of the molecule is O=C(Nc1ncc2c(n1)CC(c1ccccc1)CC2=O)c1ccc(Cl)cc1. The van der Waals surface area contributed by atoms with Gasteiger partial charge >= 0.3 is 0 Å². The first-order valence-electron chi connectivity index (χ1n) is 8.61. The van der Waals surface area contributed by atoms with E-state index in [9.17, 15) is 9.59 Å². The summed E-state index contributed by atoms with van der Waals surface area (Å²) in [7, 11) is 0. The van der Waals surface area contributed by atoms with Gasteiger partial charge in [-0.25, -0.2) is 9.97 Å². The molecule has 1 atom stereocenters. The second kappa shape index (κ2) is 7.29. The van der Waals surface area contributed by atoms with Crippen LogP contribution in [0.5, 0.6) is 0 Å². The van der Waals surface area contributed by atoms with Crippen LogP contribution in [0.4, 0.5) is 5.95 Å². The summed E-state index contributed by atoms with van der Waals surface area (Å²) in [6.07, 6.45) is 2.58. The van der Waals surface area contributed by atoms with E-state index in [1.807, 2.05) is 30.3 Å². The predicted molar refractivity (Wildman–Crippen MR) is 103 cm³/mol.